The third kappa shape index (κ3) is 3.22. The van der Waals surface area contributed by atoms with E-state index in [0.717, 1.165) is 12.8 Å². The van der Waals surface area contributed by atoms with Crippen LogP contribution in [0, 0.1) is 0 Å². The maximum atomic E-state index is 12.8. The zero-order chi connectivity index (χ0) is 16.6. The Hall–Kier alpha value is -1.75. The molecule has 0 amide bonds. The third-order valence-corrected chi connectivity index (χ3v) is 5.85. The van der Waals surface area contributed by atoms with E-state index in [2.05, 4.69) is 20.3 Å². The van der Waals surface area contributed by atoms with Crippen LogP contribution in [0.2, 0.25) is 0 Å². The van der Waals surface area contributed by atoms with Crippen LogP contribution in [0.3, 0.4) is 0 Å². The number of hydrogen-bond acceptors (Lipinski definition) is 6. The zero-order valence-electron chi connectivity index (χ0n) is 12.9. The monoisotopic (exact) mass is 375 g/mol. The molecule has 11 heteroatoms. The molecule has 132 valence electrons. The van der Waals surface area contributed by atoms with Crippen molar-refractivity contribution in [3.63, 3.8) is 0 Å². The number of rotatable bonds is 4. The van der Waals surface area contributed by atoms with E-state index in [-0.39, 0.29) is 34.4 Å². The Balaban J connectivity index is 0.00000208. The van der Waals surface area contributed by atoms with Gasteiger partial charge in [0.2, 0.25) is 10.0 Å². The summed E-state index contributed by atoms with van der Waals surface area (Å²) >= 11 is 0. The first-order valence-corrected chi connectivity index (χ1v) is 8.66. The lowest BCUT2D eigenvalue weighted by Gasteiger charge is -2.23. The van der Waals surface area contributed by atoms with Gasteiger partial charge < -0.3 is 5.32 Å². The second-order valence-corrected chi connectivity index (χ2v) is 7.34. The molecule has 1 aliphatic rings. The van der Waals surface area contributed by atoms with Crippen molar-refractivity contribution in [1.82, 2.24) is 24.6 Å². The van der Waals surface area contributed by atoms with Gasteiger partial charge in [-0.25, -0.2) is 18.2 Å². The van der Waals surface area contributed by atoms with Gasteiger partial charge in [-0.3, -0.25) is 14.8 Å². The first kappa shape index (κ1) is 18.6. The van der Waals surface area contributed by atoms with Crippen LogP contribution >= 0.6 is 12.4 Å². The number of hydrogen-bond donors (Lipinski definition) is 3. The minimum Gasteiger partial charge on any atom is -0.318 e. The van der Waals surface area contributed by atoms with Gasteiger partial charge in [0, 0.05) is 25.3 Å². The van der Waals surface area contributed by atoms with E-state index in [1.54, 1.807) is 7.05 Å². The van der Waals surface area contributed by atoms with E-state index in [1.807, 2.05) is 0 Å². The number of nitrogens with one attached hydrogen (secondary N) is 3. The van der Waals surface area contributed by atoms with Crippen molar-refractivity contribution >= 4 is 33.5 Å². The van der Waals surface area contributed by atoms with Crippen LogP contribution in [-0.4, -0.2) is 53.9 Å². The number of pyridine rings is 1. The van der Waals surface area contributed by atoms with Gasteiger partial charge >= 0.3 is 5.69 Å². The fraction of sp³-hybridized carbons (Fsp3) is 0.462. The van der Waals surface area contributed by atoms with Gasteiger partial charge in [0.15, 0.2) is 0 Å². The number of fused-ring (bicyclic) bond motifs is 1. The minimum atomic E-state index is -3.74. The summed E-state index contributed by atoms with van der Waals surface area (Å²) in [5, 5.41) is 3.03. The molecule has 24 heavy (non-hydrogen) atoms. The summed E-state index contributed by atoms with van der Waals surface area (Å²) in [4.78, 5) is 31.4. The molecule has 3 N–H and O–H groups in total. The zero-order valence-corrected chi connectivity index (χ0v) is 14.5. The highest BCUT2D eigenvalue weighted by molar-refractivity contribution is 7.89. The number of aromatic nitrogens is 3. The molecule has 0 bridgehead atoms. The number of H-pyrrole nitrogens is 2. The van der Waals surface area contributed by atoms with Gasteiger partial charge in [0.05, 0.1) is 5.39 Å². The van der Waals surface area contributed by atoms with Gasteiger partial charge in [0.25, 0.3) is 5.56 Å². The molecule has 0 radical (unpaired) electrons. The quantitative estimate of drug-likeness (QED) is 0.655. The molecule has 3 rings (SSSR count). The summed E-state index contributed by atoms with van der Waals surface area (Å²) in [5.41, 5.74) is -1.29. The molecule has 0 spiro atoms. The fourth-order valence-electron chi connectivity index (χ4n) is 2.87. The summed E-state index contributed by atoms with van der Waals surface area (Å²) in [5.74, 6) is 0. The van der Waals surface area contributed by atoms with Crippen molar-refractivity contribution in [1.29, 1.82) is 0 Å². The van der Waals surface area contributed by atoms with Crippen LogP contribution in [0.1, 0.15) is 12.8 Å². The highest BCUT2D eigenvalue weighted by atomic mass is 35.5. The Kier molecular flexibility index (Phi) is 5.43. The SMILES string of the molecule is CNCC1CCCN1S(=O)(=O)c1cnc2[nH]c(=O)[nH]c(=O)c2c1.Cl. The van der Waals surface area contributed by atoms with E-state index in [1.165, 1.54) is 16.6 Å². The summed E-state index contributed by atoms with van der Waals surface area (Å²) in [6, 6.07) is 1.14. The molecule has 9 nitrogen and oxygen atoms in total. The Labute approximate surface area is 144 Å². The van der Waals surface area contributed by atoms with Crippen molar-refractivity contribution in [2.75, 3.05) is 20.1 Å². The Bertz CT molecular complexity index is 955. The minimum absolute atomic E-state index is 0. The van der Waals surface area contributed by atoms with Gasteiger partial charge in [-0.15, -0.1) is 12.4 Å². The number of aromatic amines is 2. The molecule has 1 unspecified atom stereocenters. The number of nitrogens with zero attached hydrogens (tertiary/aromatic N) is 2. The second kappa shape index (κ2) is 7.01. The number of likely N-dealkylation sites (N-methyl/N-ethyl adjacent to an activating group) is 1. The topological polar surface area (TPSA) is 128 Å². The molecule has 1 aliphatic heterocycles. The lowest BCUT2D eigenvalue weighted by molar-refractivity contribution is 0.379. The molecule has 0 aromatic carbocycles. The van der Waals surface area contributed by atoms with Gasteiger partial charge in [-0.05, 0) is 26.0 Å². The first-order valence-electron chi connectivity index (χ1n) is 7.22. The van der Waals surface area contributed by atoms with Crippen LogP contribution in [0.15, 0.2) is 26.7 Å². The van der Waals surface area contributed by atoms with Gasteiger partial charge in [-0.1, -0.05) is 0 Å². The van der Waals surface area contributed by atoms with E-state index >= 15 is 0 Å². The molecule has 0 saturated carbocycles. The molecular formula is C13H18ClN5O4S. The third-order valence-electron chi connectivity index (χ3n) is 3.94. The smallest absolute Gasteiger partial charge is 0.318 e. The van der Waals surface area contributed by atoms with Crippen LogP contribution in [0.5, 0.6) is 0 Å². The molecule has 2 aromatic rings. The summed E-state index contributed by atoms with van der Waals surface area (Å²) in [7, 11) is -1.97. The standard InChI is InChI=1S/C13H17N5O4S.ClH/c1-14-6-8-3-2-4-18(8)23(21,22)9-5-10-11(15-7-9)16-13(20)17-12(10)19;/h5,7-8,14H,2-4,6H2,1H3,(H2,15,16,17,19,20);1H. The Morgan fingerprint density at radius 2 is 2.12 bits per heavy atom. The molecule has 1 fully saturated rings. The van der Waals surface area contributed by atoms with E-state index in [0.29, 0.717) is 13.1 Å². The van der Waals surface area contributed by atoms with E-state index in [9.17, 15) is 18.0 Å². The largest absolute Gasteiger partial charge is 0.327 e. The molecule has 0 aliphatic carbocycles. The van der Waals surface area contributed by atoms with Crippen LogP contribution < -0.4 is 16.6 Å². The second-order valence-electron chi connectivity index (χ2n) is 5.44. The van der Waals surface area contributed by atoms with Gasteiger partial charge in [-0.2, -0.15) is 4.31 Å². The Morgan fingerprint density at radius 3 is 2.83 bits per heavy atom. The summed E-state index contributed by atoms with van der Waals surface area (Å²) in [6.45, 7) is 1.00. The van der Waals surface area contributed by atoms with Crippen molar-refractivity contribution in [3.05, 3.63) is 33.1 Å². The summed E-state index contributed by atoms with van der Waals surface area (Å²) < 4.78 is 27.1. The van der Waals surface area contributed by atoms with Gasteiger partial charge in [0.1, 0.15) is 10.5 Å². The van der Waals surface area contributed by atoms with Crippen LogP contribution in [0.25, 0.3) is 11.0 Å². The molecule has 3 heterocycles. The normalized spacial score (nSPS) is 18.6. The van der Waals surface area contributed by atoms with Crippen molar-refractivity contribution < 1.29 is 8.42 Å². The molecular weight excluding hydrogens is 358 g/mol. The van der Waals surface area contributed by atoms with Crippen LogP contribution in [0.4, 0.5) is 0 Å². The van der Waals surface area contributed by atoms with Crippen molar-refractivity contribution in [3.8, 4) is 0 Å². The Morgan fingerprint density at radius 1 is 1.38 bits per heavy atom. The summed E-state index contributed by atoms with van der Waals surface area (Å²) in [6.07, 6.45) is 2.75. The van der Waals surface area contributed by atoms with E-state index in [4.69, 9.17) is 0 Å². The molecule has 1 atom stereocenters. The highest BCUT2D eigenvalue weighted by Crippen LogP contribution is 2.26. The maximum Gasteiger partial charge on any atom is 0.327 e. The average Bonchev–Trinajstić information content (AvgIpc) is 2.96. The van der Waals surface area contributed by atoms with Crippen molar-refractivity contribution in [2.24, 2.45) is 0 Å². The van der Waals surface area contributed by atoms with Crippen LogP contribution in [-0.2, 0) is 10.0 Å². The predicted molar refractivity (Wildman–Crippen MR) is 91.1 cm³/mol. The molecule has 1 saturated heterocycles. The lowest BCUT2D eigenvalue weighted by atomic mass is 10.2. The molecule has 2 aromatic heterocycles. The average molecular weight is 376 g/mol. The van der Waals surface area contributed by atoms with E-state index < -0.39 is 21.3 Å². The van der Waals surface area contributed by atoms with Crippen molar-refractivity contribution in [2.45, 2.75) is 23.8 Å². The first-order chi connectivity index (χ1) is 10.9. The fourth-order valence-corrected chi connectivity index (χ4v) is 4.53. The lowest BCUT2D eigenvalue weighted by Crippen LogP contribution is -2.40. The number of halogens is 1. The highest BCUT2D eigenvalue weighted by Gasteiger charge is 2.35. The predicted octanol–water partition coefficient (Wildman–Crippen LogP) is -0.594. The number of sulfonamides is 1. The maximum absolute atomic E-state index is 12.8.